The van der Waals surface area contributed by atoms with E-state index in [1.807, 2.05) is 6.07 Å². The molecule has 0 fully saturated rings. The van der Waals surface area contributed by atoms with Gasteiger partial charge in [0.25, 0.3) is 0 Å². The van der Waals surface area contributed by atoms with Crippen molar-refractivity contribution in [3.63, 3.8) is 0 Å². The number of ether oxygens (including phenoxy) is 2. The van der Waals surface area contributed by atoms with E-state index in [4.69, 9.17) is 15.2 Å². The zero-order valence-corrected chi connectivity index (χ0v) is 11.2. The van der Waals surface area contributed by atoms with Crippen LogP contribution in [0.3, 0.4) is 0 Å². The van der Waals surface area contributed by atoms with Gasteiger partial charge in [0.2, 0.25) is 0 Å². The number of nitrogens with zero attached hydrogens (tertiary/aromatic N) is 1. The predicted molar refractivity (Wildman–Crippen MR) is 72.0 cm³/mol. The van der Waals surface area contributed by atoms with Gasteiger partial charge < -0.3 is 20.1 Å². The molecule has 1 aliphatic heterocycles. The van der Waals surface area contributed by atoms with Gasteiger partial charge in [0.1, 0.15) is 13.2 Å². The third kappa shape index (κ3) is 3.37. The lowest BCUT2D eigenvalue weighted by Gasteiger charge is -2.22. The number of fused-ring (bicyclic) bond motifs is 1. The molecule has 4 nitrogen and oxygen atoms in total. The molecule has 1 heterocycles. The SMILES string of the molecule is CC(CN)CN(C)Cc1ccc2c(c1)OCCO2. The van der Waals surface area contributed by atoms with E-state index in [-0.39, 0.29) is 0 Å². The Labute approximate surface area is 109 Å². The zero-order valence-electron chi connectivity index (χ0n) is 11.2. The highest BCUT2D eigenvalue weighted by Crippen LogP contribution is 2.31. The van der Waals surface area contributed by atoms with Crippen LogP contribution >= 0.6 is 0 Å². The van der Waals surface area contributed by atoms with Crippen LogP contribution in [-0.2, 0) is 6.54 Å². The second-order valence-corrected chi connectivity index (χ2v) is 5.02. The summed E-state index contributed by atoms with van der Waals surface area (Å²) in [5.41, 5.74) is 6.88. The lowest BCUT2D eigenvalue weighted by Crippen LogP contribution is -2.28. The summed E-state index contributed by atoms with van der Waals surface area (Å²) in [5.74, 6) is 2.23. The molecule has 1 aromatic carbocycles. The molecule has 0 bridgehead atoms. The summed E-state index contributed by atoms with van der Waals surface area (Å²) < 4.78 is 11.1. The molecule has 1 aromatic rings. The average molecular weight is 250 g/mol. The minimum atomic E-state index is 0.521. The Morgan fingerprint density at radius 1 is 1.28 bits per heavy atom. The van der Waals surface area contributed by atoms with Crippen LogP contribution < -0.4 is 15.2 Å². The van der Waals surface area contributed by atoms with Gasteiger partial charge in [-0.05, 0) is 37.2 Å². The third-order valence-corrected chi connectivity index (χ3v) is 3.08. The molecule has 0 aromatic heterocycles. The second kappa shape index (κ2) is 6.07. The Morgan fingerprint density at radius 3 is 2.72 bits per heavy atom. The molecule has 2 rings (SSSR count). The van der Waals surface area contributed by atoms with Gasteiger partial charge in [-0.2, -0.15) is 0 Å². The van der Waals surface area contributed by atoms with Crippen molar-refractivity contribution < 1.29 is 9.47 Å². The van der Waals surface area contributed by atoms with E-state index in [0.717, 1.165) is 31.1 Å². The Balaban J connectivity index is 1.97. The Kier molecular flexibility index (Phi) is 4.44. The van der Waals surface area contributed by atoms with E-state index in [2.05, 4.69) is 31.0 Å². The third-order valence-electron chi connectivity index (χ3n) is 3.08. The van der Waals surface area contributed by atoms with Crippen LogP contribution in [0, 0.1) is 5.92 Å². The topological polar surface area (TPSA) is 47.7 Å². The van der Waals surface area contributed by atoms with Crippen LogP contribution in [0.25, 0.3) is 0 Å². The largest absolute Gasteiger partial charge is 0.486 e. The van der Waals surface area contributed by atoms with Crippen molar-refractivity contribution in [1.29, 1.82) is 0 Å². The Bertz CT molecular complexity index is 395. The molecular formula is C14H22N2O2. The molecule has 0 spiro atoms. The van der Waals surface area contributed by atoms with E-state index in [0.29, 0.717) is 19.1 Å². The van der Waals surface area contributed by atoms with E-state index in [1.54, 1.807) is 0 Å². The van der Waals surface area contributed by atoms with Crippen LogP contribution in [0.1, 0.15) is 12.5 Å². The predicted octanol–water partition coefficient (Wildman–Crippen LogP) is 1.48. The quantitative estimate of drug-likeness (QED) is 0.860. The van der Waals surface area contributed by atoms with E-state index in [1.165, 1.54) is 5.56 Å². The summed E-state index contributed by atoms with van der Waals surface area (Å²) in [7, 11) is 2.11. The first-order chi connectivity index (χ1) is 8.69. The van der Waals surface area contributed by atoms with E-state index >= 15 is 0 Å². The molecule has 0 amide bonds. The standard InChI is InChI=1S/C14H22N2O2/c1-11(8-15)9-16(2)10-12-3-4-13-14(7-12)18-6-5-17-13/h3-4,7,11H,5-6,8-10,15H2,1-2H3. The summed E-state index contributed by atoms with van der Waals surface area (Å²) in [4.78, 5) is 2.28. The van der Waals surface area contributed by atoms with Gasteiger partial charge in [-0.3, -0.25) is 0 Å². The molecule has 100 valence electrons. The fourth-order valence-electron chi connectivity index (χ4n) is 2.17. The van der Waals surface area contributed by atoms with Crippen molar-refractivity contribution in [3.05, 3.63) is 23.8 Å². The molecule has 2 N–H and O–H groups in total. The Morgan fingerprint density at radius 2 is 2.00 bits per heavy atom. The van der Waals surface area contributed by atoms with Crippen molar-refractivity contribution in [2.75, 3.05) is 33.4 Å². The Hall–Kier alpha value is -1.26. The van der Waals surface area contributed by atoms with Crippen molar-refractivity contribution >= 4 is 0 Å². The lowest BCUT2D eigenvalue weighted by atomic mass is 10.1. The highest BCUT2D eigenvalue weighted by Gasteiger charge is 2.12. The number of hydrogen-bond acceptors (Lipinski definition) is 4. The number of nitrogens with two attached hydrogens (primary N) is 1. The van der Waals surface area contributed by atoms with Gasteiger partial charge in [-0.25, -0.2) is 0 Å². The first-order valence-electron chi connectivity index (χ1n) is 6.46. The monoisotopic (exact) mass is 250 g/mol. The minimum Gasteiger partial charge on any atom is -0.486 e. The van der Waals surface area contributed by atoms with Crippen molar-refractivity contribution in [3.8, 4) is 11.5 Å². The normalized spacial score (nSPS) is 15.8. The molecule has 0 saturated heterocycles. The summed E-state index contributed by atoms with van der Waals surface area (Å²) in [6, 6.07) is 6.15. The number of rotatable bonds is 5. The summed E-state index contributed by atoms with van der Waals surface area (Å²) in [5, 5.41) is 0. The summed E-state index contributed by atoms with van der Waals surface area (Å²) >= 11 is 0. The van der Waals surface area contributed by atoms with Crippen molar-refractivity contribution in [2.24, 2.45) is 11.7 Å². The molecular weight excluding hydrogens is 228 g/mol. The van der Waals surface area contributed by atoms with Gasteiger partial charge in [0.05, 0.1) is 0 Å². The lowest BCUT2D eigenvalue weighted by molar-refractivity contribution is 0.171. The first kappa shape index (κ1) is 13.2. The molecule has 1 aliphatic rings. The van der Waals surface area contributed by atoms with Crippen LogP contribution in [0.5, 0.6) is 11.5 Å². The van der Waals surface area contributed by atoms with Gasteiger partial charge >= 0.3 is 0 Å². The zero-order chi connectivity index (χ0) is 13.0. The van der Waals surface area contributed by atoms with Gasteiger partial charge in [0.15, 0.2) is 11.5 Å². The van der Waals surface area contributed by atoms with E-state index < -0.39 is 0 Å². The smallest absolute Gasteiger partial charge is 0.161 e. The molecule has 0 saturated carbocycles. The van der Waals surface area contributed by atoms with Crippen molar-refractivity contribution in [2.45, 2.75) is 13.5 Å². The highest BCUT2D eigenvalue weighted by molar-refractivity contribution is 5.43. The van der Waals surface area contributed by atoms with Gasteiger partial charge in [-0.15, -0.1) is 0 Å². The fourth-order valence-corrected chi connectivity index (χ4v) is 2.17. The maximum Gasteiger partial charge on any atom is 0.161 e. The van der Waals surface area contributed by atoms with Crippen LogP contribution in [0.4, 0.5) is 0 Å². The fraction of sp³-hybridized carbons (Fsp3) is 0.571. The maximum atomic E-state index is 5.64. The molecule has 0 radical (unpaired) electrons. The van der Waals surface area contributed by atoms with Crippen LogP contribution in [0.2, 0.25) is 0 Å². The van der Waals surface area contributed by atoms with Crippen LogP contribution in [0.15, 0.2) is 18.2 Å². The molecule has 4 heteroatoms. The highest BCUT2D eigenvalue weighted by atomic mass is 16.6. The minimum absolute atomic E-state index is 0.521. The van der Waals surface area contributed by atoms with Gasteiger partial charge in [-0.1, -0.05) is 13.0 Å². The number of hydrogen-bond donors (Lipinski definition) is 1. The molecule has 1 atom stereocenters. The summed E-state index contributed by atoms with van der Waals surface area (Å²) in [6.07, 6.45) is 0. The van der Waals surface area contributed by atoms with Crippen LogP contribution in [-0.4, -0.2) is 38.3 Å². The molecule has 18 heavy (non-hydrogen) atoms. The summed E-state index contributed by atoms with van der Waals surface area (Å²) in [6.45, 7) is 6.08. The van der Waals surface area contributed by atoms with Gasteiger partial charge in [0, 0.05) is 13.1 Å². The first-order valence-corrected chi connectivity index (χ1v) is 6.46. The van der Waals surface area contributed by atoms with Crippen molar-refractivity contribution in [1.82, 2.24) is 4.90 Å². The second-order valence-electron chi connectivity index (χ2n) is 5.02. The average Bonchev–Trinajstić information content (AvgIpc) is 2.38. The number of benzene rings is 1. The molecule has 1 unspecified atom stereocenters. The molecule has 0 aliphatic carbocycles. The van der Waals surface area contributed by atoms with E-state index in [9.17, 15) is 0 Å². The maximum absolute atomic E-state index is 5.64.